The average Bonchev–Trinajstić information content (AvgIpc) is 2.81. The van der Waals surface area contributed by atoms with E-state index >= 15 is 0 Å². The first-order valence-electron chi connectivity index (χ1n) is 7.27. The summed E-state index contributed by atoms with van der Waals surface area (Å²) in [7, 11) is 0. The zero-order valence-corrected chi connectivity index (χ0v) is 11.1. The molecule has 0 aliphatic heterocycles. The lowest BCUT2D eigenvalue weighted by Gasteiger charge is -2.10. The monoisotopic (exact) mass is 247 g/mol. The molecule has 2 nitrogen and oxygen atoms in total. The van der Waals surface area contributed by atoms with Crippen molar-refractivity contribution in [2.75, 3.05) is 13.1 Å². The molecule has 0 heterocycles. The zero-order valence-electron chi connectivity index (χ0n) is 11.1. The van der Waals surface area contributed by atoms with Crippen molar-refractivity contribution < 1.29 is 5.11 Å². The molecule has 0 bridgehead atoms. The van der Waals surface area contributed by atoms with Crippen LogP contribution in [0.1, 0.15) is 37.7 Å². The minimum Gasteiger partial charge on any atom is -0.393 e. The van der Waals surface area contributed by atoms with Gasteiger partial charge in [-0.15, -0.1) is 0 Å². The Hall–Kier alpha value is -0.860. The van der Waals surface area contributed by atoms with Crippen molar-refractivity contribution in [2.45, 2.75) is 44.6 Å². The topological polar surface area (TPSA) is 32.3 Å². The van der Waals surface area contributed by atoms with Gasteiger partial charge in [0.25, 0.3) is 0 Å². The standard InChI is InChI=1S/C16H25NO/c18-16-10-9-15(12-16)13-17-11-5-4-8-14-6-2-1-3-7-14/h1-3,6-7,15-18H,4-5,8-13H2. The van der Waals surface area contributed by atoms with Crippen LogP contribution in [0.25, 0.3) is 0 Å². The van der Waals surface area contributed by atoms with Crippen LogP contribution < -0.4 is 5.32 Å². The molecule has 2 heteroatoms. The molecule has 1 aromatic carbocycles. The van der Waals surface area contributed by atoms with E-state index in [4.69, 9.17) is 0 Å². The number of nitrogens with one attached hydrogen (secondary N) is 1. The fourth-order valence-corrected chi connectivity index (χ4v) is 2.76. The Kier molecular flexibility index (Phi) is 5.69. The molecule has 2 rings (SSSR count). The third-order valence-electron chi connectivity index (χ3n) is 3.86. The molecule has 0 saturated heterocycles. The number of hydrogen-bond acceptors (Lipinski definition) is 2. The van der Waals surface area contributed by atoms with Crippen LogP contribution in [0.2, 0.25) is 0 Å². The summed E-state index contributed by atoms with van der Waals surface area (Å²) >= 11 is 0. The molecule has 18 heavy (non-hydrogen) atoms. The fourth-order valence-electron chi connectivity index (χ4n) is 2.76. The van der Waals surface area contributed by atoms with Crippen molar-refractivity contribution in [3.8, 4) is 0 Å². The largest absolute Gasteiger partial charge is 0.393 e. The van der Waals surface area contributed by atoms with E-state index in [1.807, 2.05) is 0 Å². The van der Waals surface area contributed by atoms with Gasteiger partial charge in [0.15, 0.2) is 0 Å². The molecule has 0 aromatic heterocycles. The molecule has 0 amide bonds. The number of benzene rings is 1. The summed E-state index contributed by atoms with van der Waals surface area (Å²) in [6.45, 7) is 2.20. The lowest BCUT2D eigenvalue weighted by Crippen LogP contribution is -2.22. The normalized spacial score (nSPS) is 23.4. The number of aliphatic hydroxyl groups is 1. The molecular formula is C16H25NO. The van der Waals surface area contributed by atoms with Crippen LogP contribution in [0.5, 0.6) is 0 Å². The Morgan fingerprint density at radius 3 is 2.67 bits per heavy atom. The Bertz CT molecular complexity index is 325. The van der Waals surface area contributed by atoms with Gasteiger partial charge in [-0.3, -0.25) is 0 Å². The van der Waals surface area contributed by atoms with Crippen LogP contribution in [-0.2, 0) is 6.42 Å². The molecule has 1 saturated carbocycles. The zero-order chi connectivity index (χ0) is 12.6. The number of hydrogen-bond donors (Lipinski definition) is 2. The molecule has 2 atom stereocenters. The Balaban J connectivity index is 1.47. The minimum atomic E-state index is -0.0325. The predicted molar refractivity (Wildman–Crippen MR) is 75.6 cm³/mol. The highest BCUT2D eigenvalue weighted by atomic mass is 16.3. The van der Waals surface area contributed by atoms with Crippen molar-refractivity contribution >= 4 is 0 Å². The first kappa shape index (κ1) is 13.6. The van der Waals surface area contributed by atoms with Crippen molar-refractivity contribution in [3.63, 3.8) is 0 Å². The molecule has 0 radical (unpaired) electrons. The first-order valence-corrected chi connectivity index (χ1v) is 7.27. The number of aliphatic hydroxyl groups excluding tert-OH is 1. The van der Waals surface area contributed by atoms with Gasteiger partial charge in [0, 0.05) is 0 Å². The maximum absolute atomic E-state index is 9.44. The molecule has 2 N–H and O–H groups in total. The van der Waals surface area contributed by atoms with Gasteiger partial charge < -0.3 is 10.4 Å². The molecule has 1 aromatic rings. The van der Waals surface area contributed by atoms with Crippen molar-refractivity contribution in [1.82, 2.24) is 5.32 Å². The number of rotatable bonds is 7. The van der Waals surface area contributed by atoms with E-state index in [-0.39, 0.29) is 6.10 Å². The van der Waals surface area contributed by atoms with Gasteiger partial charge in [-0.05, 0) is 63.1 Å². The van der Waals surface area contributed by atoms with Gasteiger partial charge in [0.2, 0.25) is 0 Å². The van der Waals surface area contributed by atoms with Gasteiger partial charge in [0.1, 0.15) is 0 Å². The van der Waals surface area contributed by atoms with E-state index in [9.17, 15) is 5.11 Å². The second-order valence-corrected chi connectivity index (χ2v) is 5.48. The van der Waals surface area contributed by atoms with Gasteiger partial charge in [0.05, 0.1) is 6.10 Å². The van der Waals surface area contributed by atoms with Gasteiger partial charge in [-0.2, -0.15) is 0 Å². The lowest BCUT2D eigenvalue weighted by atomic mass is 10.1. The molecule has 100 valence electrons. The fraction of sp³-hybridized carbons (Fsp3) is 0.625. The van der Waals surface area contributed by atoms with Crippen LogP contribution in [-0.4, -0.2) is 24.3 Å². The van der Waals surface area contributed by atoms with Crippen LogP contribution >= 0.6 is 0 Å². The Morgan fingerprint density at radius 1 is 1.11 bits per heavy atom. The van der Waals surface area contributed by atoms with E-state index < -0.39 is 0 Å². The summed E-state index contributed by atoms with van der Waals surface area (Å²) in [5.41, 5.74) is 1.44. The average molecular weight is 247 g/mol. The van der Waals surface area contributed by atoms with E-state index in [1.54, 1.807) is 0 Å². The SMILES string of the molecule is OC1CCC(CNCCCCc2ccccc2)C1. The van der Waals surface area contributed by atoms with Crippen molar-refractivity contribution in [2.24, 2.45) is 5.92 Å². The summed E-state index contributed by atoms with van der Waals surface area (Å²) in [5, 5.41) is 13.0. The Labute approximate surface area is 110 Å². The molecule has 0 spiro atoms. The van der Waals surface area contributed by atoms with Gasteiger partial charge in [-0.25, -0.2) is 0 Å². The summed E-state index contributed by atoms with van der Waals surface area (Å²) in [6, 6.07) is 10.7. The van der Waals surface area contributed by atoms with Crippen LogP contribution in [0.3, 0.4) is 0 Å². The van der Waals surface area contributed by atoms with Crippen LogP contribution in [0.15, 0.2) is 30.3 Å². The summed E-state index contributed by atoms with van der Waals surface area (Å²) in [6.07, 6.45) is 6.84. The van der Waals surface area contributed by atoms with Gasteiger partial charge >= 0.3 is 0 Å². The number of unbranched alkanes of at least 4 members (excludes halogenated alkanes) is 1. The highest BCUT2D eigenvalue weighted by molar-refractivity contribution is 5.14. The van der Waals surface area contributed by atoms with E-state index in [2.05, 4.69) is 35.6 Å². The smallest absolute Gasteiger partial charge is 0.0543 e. The van der Waals surface area contributed by atoms with E-state index in [0.29, 0.717) is 5.92 Å². The third kappa shape index (κ3) is 4.79. The van der Waals surface area contributed by atoms with Crippen LogP contribution in [0, 0.1) is 5.92 Å². The second kappa shape index (κ2) is 7.55. The maximum atomic E-state index is 9.44. The third-order valence-corrected chi connectivity index (χ3v) is 3.86. The quantitative estimate of drug-likeness (QED) is 0.726. The predicted octanol–water partition coefficient (Wildman–Crippen LogP) is 2.76. The summed E-state index contributed by atoms with van der Waals surface area (Å²) < 4.78 is 0. The molecular weight excluding hydrogens is 222 g/mol. The minimum absolute atomic E-state index is 0.0325. The van der Waals surface area contributed by atoms with Crippen LogP contribution in [0.4, 0.5) is 0 Å². The molecule has 1 fully saturated rings. The lowest BCUT2D eigenvalue weighted by molar-refractivity contribution is 0.177. The maximum Gasteiger partial charge on any atom is 0.0543 e. The highest BCUT2D eigenvalue weighted by Crippen LogP contribution is 2.24. The Morgan fingerprint density at radius 2 is 1.94 bits per heavy atom. The summed E-state index contributed by atoms with van der Waals surface area (Å²) in [5.74, 6) is 0.703. The summed E-state index contributed by atoms with van der Waals surface area (Å²) in [4.78, 5) is 0. The van der Waals surface area contributed by atoms with Crippen molar-refractivity contribution in [1.29, 1.82) is 0 Å². The first-order chi connectivity index (χ1) is 8.84. The molecule has 2 unspecified atom stereocenters. The number of aryl methyl sites for hydroxylation is 1. The van der Waals surface area contributed by atoms with E-state index in [0.717, 1.165) is 25.9 Å². The molecule has 1 aliphatic carbocycles. The molecule has 1 aliphatic rings. The van der Waals surface area contributed by atoms with Crippen molar-refractivity contribution in [3.05, 3.63) is 35.9 Å². The highest BCUT2D eigenvalue weighted by Gasteiger charge is 2.21. The van der Waals surface area contributed by atoms with E-state index in [1.165, 1.54) is 31.2 Å². The second-order valence-electron chi connectivity index (χ2n) is 5.48. The van der Waals surface area contributed by atoms with Gasteiger partial charge in [-0.1, -0.05) is 30.3 Å².